The first-order valence-corrected chi connectivity index (χ1v) is 6.31. The zero-order valence-electron chi connectivity index (χ0n) is 9.98. The number of hydrogen-bond donors (Lipinski definition) is 2. The van der Waals surface area contributed by atoms with E-state index in [9.17, 15) is 4.79 Å². The molecule has 2 N–H and O–H groups in total. The van der Waals surface area contributed by atoms with E-state index in [4.69, 9.17) is 5.11 Å². The summed E-state index contributed by atoms with van der Waals surface area (Å²) >= 11 is 0. The summed E-state index contributed by atoms with van der Waals surface area (Å²) in [5, 5.41) is 12.3. The Morgan fingerprint density at radius 1 is 1.24 bits per heavy atom. The molecule has 1 saturated carbocycles. The topological polar surface area (TPSA) is 49.3 Å². The van der Waals surface area contributed by atoms with Gasteiger partial charge in [0.2, 0.25) is 0 Å². The van der Waals surface area contributed by atoms with E-state index < -0.39 is 5.97 Å². The Kier molecular flexibility index (Phi) is 4.15. The second-order valence-electron chi connectivity index (χ2n) is 4.69. The van der Waals surface area contributed by atoms with Gasteiger partial charge in [-0.1, -0.05) is 25.0 Å². The molecule has 0 atom stereocenters. The van der Waals surface area contributed by atoms with Gasteiger partial charge in [-0.15, -0.1) is 0 Å². The number of carboxylic acid groups (broad SMARTS) is 1. The van der Waals surface area contributed by atoms with Crippen LogP contribution in [-0.2, 0) is 6.42 Å². The van der Waals surface area contributed by atoms with Crippen LogP contribution in [0.2, 0.25) is 0 Å². The molecule has 0 spiro atoms. The van der Waals surface area contributed by atoms with E-state index in [1.165, 1.54) is 31.2 Å². The molecule has 2 rings (SSSR count). The molecule has 0 radical (unpaired) electrons. The molecule has 0 unspecified atom stereocenters. The Labute approximate surface area is 102 Å². The van der Waals surface area contributed by atoms with E-state index in [1.807, 2.05) is 12.1 Å². The number of benzene rings is 1. The SMILES string of the molecule is O=C(O)c1ccc(CCNC2CCCC2)cc1. The van der Waals surface area contributed by atoms with Gasteiger partial charge < -0.3 is 10.4 Å². The normalized spacial score (nSPS) is 16.2. The van der Waals surface area contributed by atoms with Crippen LogP contribution in [0.25, 0.3) is 0 Å². The molecule has 0 aromatic heterocycles. The minimum atomic E-state index is -0.861. The van der Waals surface area contributed by atoms with Gasteiger partial charge in [0, 0.05) is 6.04 Å². The smallest absolute Gasteiger partial charge is 0.335 e. The van der Waals surface area contributed by atoms with Gasteiger partial charge in [0.25, 0.3) is 0 Å². The van der Waals surface area contributed by atoms with Crippen LogP contribution in [0.15, 0.2) is 24.3 Å². The summed E-state index contributed by atoms with van der Waals surface area (Å²) < 4.78 is 0. The van der Waals surface area contributed by atoms with Crippen molar-refractivity contribution in [2.24, 2.45) is 0 Å². The van der Waals surface area contributed by atoms with Gasteiger partial charge >= 0.3 is 5.97 Å². The number of aromatic carboxylic acids is 1. The van der Waals surface area contributed by atoms with Crippen molar-refractivity contribution in [3.8, 4) is 0 Å². The average molecular weight is 233 g/mol. The lowest BCUT2D eigenvalue weighted by Crippen LogP contribution is -2.27. The molecule has 0 amide bonds. The van der Waals surface area contributed by atoms with E-state index in [0.717, 1.165) is 13.0 Å². The number of rotatable bonds is 5. The standard InChI is InChI=1S/C14H19NO2/c16-14(17)12-7-5-11(6-8-12)9-10-15-13-3-1-2-4-13/h5-8,13,15H,1-4,9-10H2,(H,16,17). The fourth-order valence-electron chi connectivity index (χ4n) is 2.36. The number of hydrogen-bond acceptors (Lipinski definition) is 2. The molecule has 3 nitrogen and oxygen atoms in total. The first-order valence-electron chi connectivity index (χ1n) is 6.31. The van der Waals surface area contributed by atoms with Gasteiger partial charge in [-0.2, -0.15) is 0 Å². The molecule has 1 aromatic carbocycles. The highest BCUT2D eigenvalue weighted by Crippen LogP contribution is 2.17. The van der Waals surface area contributed by atoms with Gasteiger partial charge in [0.05, 0.1) is 5.56 Å². The summed E-state index contributed by atoms with van der Waals surface area (Å²) in [6.45, 7) is 0.983. The quantitative estimate of drug-likeness (QED) is 0.821. The third-order valence-corrected chi connectivity index (χ3v) is 3.40. The molecule has 0 bridgehead atoms. The van der Waals surface area contributed by atoms with E-state index in [2.05, 4.69) is 5.32 Å². The van der Waals surface area contributed by atoms with Gasteiger partial charge in [-0.05, 0) is 43.5 Å². The van der Waals surface area contributed by atoms with Crippen molar-refractivity contribution < 1.29 is 9.90 Å². The monoisotopic (exact) mass is 233 g/mol. The van der Waals surface area contributed by atoms with Crippen molar-refractivity contribution in [1.82, 2.24) is 5.32 Å². The molecule has 17 heavy (non-hydrogen) atoms. The second kappa shape index (κ2) is 5.82. The van der Waals surface area contributed by atoms with E-state index in [-0.39, 0.29) is 0 Å². The third kappa shape index (κ3) is 3.56. The Morgan fingerprint density at radius 2 is 1.88 bits per heavy atom. The van der Waals surface area contributed by atoms with E-state index in [1.54, 1.807) is 12.1 Å². The summed E-state index contributed by atoms with van der Waals surface area (Å²) in [7, 11) is 0. The summed E-state index contributed by atoms with van der Waals surface area (Å²) in [4.78, 5) is 10.7. The number of carbonyl (C=O) groups is 1. The van der Waals surface area contributed by atoms with Crippen molar-refractivity contribution >= 4 is 5.97 Å². The Balaban J connectivity index is 1.76. The summed E-state index contributed by atoms with van der Waals surface area (Å²) in [5.41, 5.74) is 1.55. The molecular weight excluding hydrogens is 214 g/mol. The van der Waals surface area contributed by atoms with Gasteiger partial charge in [0.1, 0.15) is 0 Å². The van der Waals surface area contributed by atoms with Crippen LogP contribution < -0.4 is 5.32 Å². The van der Waals surface area contributed by atoms with Gasteiger partial charge in [-0.3, -0.25) is 0 Å². The number of carboxylic acids is 1. The Hall–Kier alpha value is -1.35. The summed E-state index contributed by atoms with van der Waals surface area (Å²) in [5.74, 6) is -0.861. The van der Waals surface area contributed by atoms with Crippen molar-refractivity contribution in [1.29, 1.82) is 0 Å². The lowest BCUT2D eigenvalue weighted by Gasteiger charge is -2.11. The van der Waals surface area contributed by atoms with E-state index >= 15 is 0 Å². The highest BCUT2D eigenvalue weighted by molar-refractivity contribution is 5.87. The van der Waals surface area contributed by atoms with Crippen LogP contribution >= 0.6 is 0 Å². The Morgan fingerprint density at radius 3 is 2.47 bits per heavy atom. The predicted molar refractivity (Wildman–Crippen MR) is 67.4 cm³/mol. The van der Waals surface area contributed by atoms with Crippen molar-refractivity contribution in [3.05, 3.63) is 35.4 Å². The van der Waals surface area contributed by atoms with Crippen molar-refractivity contribution in [3.63, 3.8) is 0 Å². The van der Waals surface area contributed by atoms with Gasteiger partial charge in [-0.25, -0.2) is 4.79 Å². The second-order valence-corrected chi connectivity index (χ2v) is 4.69. The van der Waals surface area contributed by atoms with Crippen molar-refractivity contribution in [2.75, 3.05) is 6.54 Å². The predicted octanol–water partition coefficient (Wildman–Crippen LogP) is 2.46. The summed E-state index contributed by atoms with van der Waals surface area (Å²) in [6.07, 6.45) is 6.28. The molecule has 92 valence electrons. The minimum Gasteiger partial charge on any atom is -0.478 e. The molecule has 0 aliphatic heterocycles. The van der Waals surface area contributed by atoms with Crippen molar-refractivity contribution in [2.45, 2.75) is 38.1 Å². The molecule has 1 aliphatic rings. The van der Waals surface area contributed by atoms with Crippen LogP contribution in [0, 0.1) is 0 Å². The number of nitrogens with one attached hydrogen (secondary N) is 1. The van der Waals surface area contributed by atoms with Crippen LogP contribution in [0.5, 0.6) is 0 Å². The minimum absolute atomic E-state index is 0.359. The first kappa shape index (κ1) is 12.1. The lowest BCUT2D eigenvalue weighted by atomic mass is 10.1. The third-order valence-electron chi connectivity index (χ3n) is 3.40. The van der Waals surface area contributed by atoms with E-state index in [0.29, 0.717) is 11.6 Å². The average Bonchev–Trinajstić information content (AvgIpc) is 2.83. The fraction of sp³-hybridized carbons (Fsp3) is 0.500. The highest BCUT2D eigenvalue weighted by Gasteiger charge is 2.13. The molecular formula is C14H19NO2. The van der Waals surface area contributed by atoms with Gasteiger partial charge in [0.15, 0.2) is 0 Å². The van der Waals surface area contributed by atoms with Crippen LogP contribution in [0.1, 0.15) is 41.6 Å². The first-order chi connectivity index (χ1) is 8.25. The zero-order chi connectivity index (χ0) is 12.1. The summed E-state index contributed by atoms with van der Waals surface area (Å²) in [6, 6.07) is 7.85. The molecule has 3 heteroatoms. The molecule has 1 aromatic rings. The highest BCUT2D eigenvalue weighted by atomic mass is 16.4. The fourth-order valence-corrected chi connectivity index (χ4v) is 2.36. The largest absolute Gasteiger partial charge is 0.478 e. The molecule has 0 saturated heterocycles. The zero-order valence-corrected chi connectivity index (χ0v) is 9.98. The maximum Gasteiger partial charge on any atom is 0.335 e. The maximum absolute atomic E-state index is 10.7. The van der Waals surface area contributed by atoms with Crippen LogP contribution in [-0.4, -0.2) is 23.7 Å². The molecule has 1 fully saturated rings. The molecule has 0 heterocycles. The lowest BCUT2D eigenvalue weighted by molar-refractivity contribution is 0.0697. The maximum atomic E-state index is 10.7. The van der Waals surface area contributed by atoms with Crippen LogP contribution in [0.4, 0.5) is 0 Å². The Bertz CT molecular complexity index is 366. The molecule has 1 aliphatic carbocycles. The van der Waals surface area contributed by atoms with Crippen LogP contribution in [0.3, 0.4) is 0 Å².